The fraction of sp³-hybridized carbons (Fsp3) is 0.120. The molecule has 4 rings (SSSR count). The number of anilines is 1. The molecule has 0 aliphatic rings. The summed E-state index contributed by atoms with van der Waals surface area (Å²) in [6.45, 7) is 1.87. The van der Waals surface area contributed by atoms with Crippen LogP contribution in [-0.2, 0) is 12.6 Å². The van der Waals surface area contributed by atoms with E-state index in [-0.39, 0.29) is 11.4 Å². The molecule has 0 bridgehead atoms. The minimum atomic E-state index is -4.50. The topological polar surface area (TPSA) is 64.2 Å². The highest BCUT2D eigenvalue weighted by Crippen LogP contribution is 2.34. The van der Waals surface area contributed by atoms with E-state index in [1.165, 1.54) is 0 Å². The van der Waals surface area contributed by atoms with Crippen LogP contribution >= 0.6 is 27.5 Å². The van der Waals surface area contributed by atoms with Crippen LogP contribution in [0.2, 0.25) is 5.02 Å². The Kier molecular flexibility index (Phi) is 7.02. The van der Waals surface area contributed by atoms with Gasteiger partial charge in [-0.25, -0.2) is 15.8 Å². The van der Waals surface area contributed by atoms with Crippen molar-refractivity contribution < 1.29 is 18.0 Å². The minimum Gasteiger partial charge on any atom is -0.296 e. The second kappa shape index (κ2) is 9.85. The Morgan fingerprint density at radius 2 is 1.69 bits per heavy atom. The summed E-state index contributed by atoms with van der Waals surface area (Å²) >= 11 is 9.89. The predicted molar refractivity (Wildman–Crippen MR) is 134 cm³/mol. The summed E-state index contributed by atoms with van der Waals surface area (Å²) < 4.78 is 41.5. The SMILES string of the molecule is CCc1c(C(=O)N(N)c2ccc(C(F)(F)F)cc2)nc(-c2ccccc2Cl)n1-c1ccc(Br)cc1. The van der Waals surface area contributed by atoms with Crippen LogP contribution in [-0.4, -0.2) is 15.5 Å². The van der Waals surface area contributed by atoms with Crippen molar-refractivity contribution in [3.8, 4) is 17.1 Å². The summed E-state index contributed by atoms with van der Waals surface area (Å²) in [4.78, 5) is 18.1. The first kappa shape index (κ1) is 25.0. The zero-order chi connectivity index (χ0) is 25.3. The summed E-state index contributed by atoms with van der Waals surface area (Å²) in [5.74, 6) is 5.84. The van der Waals surface area contributed by atoms with Gasteiger partial charge in [-0.05, 0) is 67.1 Å². The maximum atomic E-state index is 13.4. The second-order valence-electron chi connectivity index (χ2n) is 7.60. The molecule has 4 aromatic rings. The van der Waals surface area contributed by atoms with Gasteiger partial charge >= 0.3 is 6.18 Å². The number of benzene rings is 3. The average Bonchev–Trinajstić information content (AvgIpc) is 3.22. The zero-order valence-electron chi connectivity index (χ0n) is 18.4. The maximum absolute atomic E-state index is 13.4. The number of hydrogen-bond acceptors (Lipinski definition) is 3. The van der Waals surface area contributed by atoms with Crippen LogP contribution in [0.5, 0.6) is 0 Å². The largest absolute Gasteiger partial charge is 0.416 e. The van der Waals surface area contributed by atoms with Crippen LogP contribution in [0, 0.1) is 0 Å². The van der Waals surface area contributed by atoms with Gasteiger partial charge in [0.05, 0.1) is 22.0 Å². The summed E-state index contributed by atoms with van der Waals surface area (Å²) in [5.41, 5.74) is 1.29. The number of alkyl halides is 3. The maximum Gasteiger partial charge on any atom is 0.416 e. The lowest BCUT2D eigenvalue weighted by atomic mass is 10.2. The number of carbonyl (C=O) groups is 1. The number of amides is 1. The number of aromatic nitrogens is 2. The molecule has 1 amide bonds. The Morgan fingerprint density at radius 1 is 1.06 bits per heavy atom. The number of halogens is 5. The molecular formula is C25H19BrClF3N4O. The molecule has 0 atom stereocenters. The lowest BCUT2D eigenvalue weighted by Crippen LogP contribution is -2.38. The van der Waals surface area contributed by atoms with Crippen LogP contribution in [0.1, 0.15) is 28.7 Å². The zero-order valence-corrected chi connectivity index (χ0v) is 20.7. The summed E-state index contributed by atoms with van der Waals surface area (Å²) in [5, 5.41) is 1.24. The highest BCUT2D eigenvalue weighted by molar-refractivity contribution is 9.10. The number of imidazole rings is 1. The molecule has 1 aromatic heterocycles. The molecule has 5 nitrogen and oxygen atoms in total. The highest BCUT2D eigenvalue weighted by Gasteiger charge is 2.31. The van der Waals surface area contributed by atoms with Crippen LogP contribution in [0.15, 0.2) is 77.3 Å². The molecule has 35 heavy (non-hydrogen) atoms. The molecule has 1 heterocycles. The van der Waals surface area contributed by atoms with Gasteiger partial charge in [-0.3, -0.25) is 9.36 Å². The smallest absolute Gasteiger partial charge is 0.296 e. The fourth-order valence-corrected chi connectivity index (χ4v) is 4.17. The van der Waals surface area contributed by atoms with Crippen molar-refractivity contribution in [3.63, 3.8) is 0 Å². The van der Waals surface area contributed by atoms with E-state index in [2.05, 4.69) is 20.9 Å². The molecular weight excluding hydrogens is 545 g/mol. The Morgan fingerprint density at radius 3 is 2.26 bits per heavy atom. The van der Waals surface area contributed by atoms with E-state index in [1.807, 2.05) is 41.8 Å². The van der Waals surface area contributed by atoms with E-state index in [4.69, 9.17) is 17.4 Å². The van der Waals surface area contributed by atoms with Crippen LogP contribution in [0.3, 0.4) is 0 Å². The van der Waals surface area contributed by atoms with Crippen molar-refractivity contribution >= 4 is 39.1 Å². The third kappa shape index (κ3) is 4.98. The minimum absolute atomic E-state index is 0.0766. The van der Waals surface area contributed by atoms with Crippen molar-refractivity contribution in [3.05, 3.63) is 99.2 Å². The third-order valence-electron chi connectivity index (χ3n) is 5.40. The van der Waals surface area contributed by atoms with E-state index in [0.717, 1.165) is 39.4 Å². The number of hydrogen-bond donors (Lipinski definition) is 1. The number of nitrogens with zero attached hydrogens (tertiary/aromatic N) is 3. The van der Waals surface area contributed by atoms with Gasteiger partial charge in [0.15, 0.2) is 5.69 Å². The molecule has 0 radical (unpaired) electrons. The summed E-state index contributed by atoms with van der Waals surface area (Å²) in [6, 6.07) is 18.6. The highest BCUT2D eigenvalue weighted by atomic mass is 79.9. The first-order valence-electron chi connectivity index (χ1n) is 10.5. The van der Waals surface area contributed by atoms with Gasteiger partial charge in [-0.2, -0.15) is 13.2 Å². The van der Waals surface area contributed by atoms with Gasteiger partial charge < -0.3 is 0 Å². The lowest BCUT2D eigenvalue weighted by molar-refractivity contribution is -0.137. The molecule has 2 N–H and O–H groups in total. The van der Waals surface area contributed by atoms with Gasteiger partial charge in [-0.1, -0.05) is 46.6 Å². The van der Waals surface area contributed by atoms with Crippen molar-refractivity contribution in [1.82, 2.24) is 9.55 Å². The van der Waals surface area contributed by atoms with E-state index in [1.54, 1.807) is 18.2 Å². The van der Waals surface area contributed by atoms with Crippen molar-refractivity contribution in [2.45, 2.75) is 19.5 Å². The Labute approximate surface area is 213 Å². The molecule has 0 fully saturated rings. The standard InChI is InChI=1S/C25H19BrClF3N4O/c1-2-21-22(24(35)34(31)18-11-7-15(8-12-18)25(28,29)30)32-23(19-5-3-4-6-20(19)27)33(21)17-13-9-16(26)10-14-17/h3-14H,2,31H2,1H3. The van der Waals surface area contributed by atoms with E-state index >= 15 is 0 Å². The van der Waals surface area contributed by atoms with Crippen molar-refractivity contribution in [2.75, 3.05) is 5.01 Å². The Bertz CT molecular complexity index is 1370. The summed E-state index contributed by atoms with van der Waals surface area (Å²) in [7, 11) is 0. The Hall–Kier alpha value is -3.14. The number of rotatable bonds is 5. The monoisotopic (exact) mass is 562 g/mol. The van der Waals surface area contributed by atoms with Crippen molar-refractivity contribution in [2.24, 2.45) is 5.84 Å². The van der Waals surface area contributed by atoms with Crippen LogP contribution < -0.4 is 10.9 Å². The number of carbonyl (C=O) groups excluding carboxylic acids is 1. The number of nitrogens with two attached hydrogens (primary N) is 1. The lowest BCUT2D eigenvalue weighted by Gasteiger charge is -2.17. The third-order valence-corrected chi connectivity index (χ3v) is 6.26. The molecule has 180 valence electrons. The van der Waals surface area contributed by atoms with Gasteiger partial charge in [-0.15, -0.1) is 0 Å². The molecule has 3 aromatic carbocycles. The number of hydrazine groups is 1. The summed E-state index contributed by atoms with van der Waals surface area (Å²) in [6.07, 6.45) is -4.07. The molecule has 0 unspecified atom stereocenters. The van der Waals surface area contributed by atoms with E-state index < -0.39 is 17.6 Å². The normalized spacial score (nSPS) is 11.5. The van der Waals surface area contributed by atoms with Gasteiger partial charge in [0, 0.05) is 15.7 Å². The molecule has 0 spiro atoms. The second-order valence-corrected chi connectivity index (χ2v) is 8.92. The molecule has 10 heteroatoms. The molecule has 0 aliphatic heterocycles. The van der Waals surface area contributed by atoms with Crippen LogP contribution in [0.25, 0.3) is 17.1 Å². The average molecular weight is 564 g/mol. The van der Waals surface area contributed by atoms with Gasteiger partial charge in [0.25, 0.3) is 5.91 Å². The van der Waals surface area contributed by atoms with Gasteiger partial charge in [0.1, 0.15) is 5.82 Å². The molecule has 0 saturated heterocycles. The van der Waals surface area contributed by atoms with Gasteiger partial charge in [0.2, 0.25) is 0 Å². The van der Waals surface area contributed by atoms with E-state index in [9.17, 15) is 18.0 Å². The first-order valence-corrected chi connectivity index (χ1v) is 11.7. The predicted octanol–water partition coefficient (Wildman–Crippen LogP) is 7.06. The Balaban J connectivity index is 1.84. The quantitative estimate of drug-likeness (QED) is 0.161. The molecule has 0 saturated carbocycles. The van der Waals surface area contributed by atoms with Crippen LogP contribution in [0.4, 0.5) is 18.9 Å². The van der Waals surface area contributed by atoms with E-state index in [0.29, 0.717) is 28.5 Å². The molecule has 0 aliphatic carbocycles. The first-order chi connectivity index (χ1) is 16.6. The van der Waals surface area contributed by atoms with Crippen molar-refractivity contribution in [1.29, 1.82) is 0 Å². The fourth-order valence-electron chi connectivity index (χ4n) is 3.68.